The first kappa shape index (κ1) is 17.4. The van der Waals surface area contributed by atoms with E-state index >= 15 is 0 Å². The maximum Gasteiger partial charge on any atom is 0.402 e. The van der Waals surface area contributed by atoms with Crippen molar-refractivity contribution in [3.05, 3.63) is 59.7 Å². The number of rotatable bonds is 3. The van der Waals surface area contributed by atoms with Crippen LogP contribution in [0.4, 0.5) is 23.2 Å². The minimum absolute atomic E-state index is 0.0577. The molecule has 0 saturated heterocycles. The highest BCUT2D eigenvalue weighted by atomic mass is 19.4. The predicted octanol–water partition coefficient (Wildman–Crippen LogP) is 3.24. The molecule has 9 heteroatoms. The van der Waals surface area contributed by atoms with Crippen molar-refractivity contribution < 1.29 is 22.4 Å². The van der Waals surface area contributed by atoms with E-state index in [1.54, 1.807) is 12.3 Å². The van der Waals surface area contributed by atoms with Gasteiger partial charge in [-0.3, -0.25) is 9.48 Å². The molecule has 5 nitrogen and oxygen atoms in total. The molecular weight excluding hydrogens is 364 g/mol. The summed E-state index contributed by atoms with van der Waals surface area (Å²) in [6.07, 6.45) is 0.0876. The highest BCUT2D eigenvalue weighted by Gasteiger charge is 2.62. The number of nitrogens with zero attached hydrogens (tertiary/aromatic N) is 3. The Morgan fingerprint density at radius 3 is 2.81 bits per heavy atom. The van der Waals surface area contributed by atoms with Gasteiger partial charge in [0.1, 0.15) is 17.3 Å². The van der Waals surface area contributed by atoms with E-state index in [0.29, 0.717) is 0 Å². The van der Waals surface area contributed by atoms with Crippen LogP contribution in [-0.2, 0) is 16.8 Å². The molecule has 0 aliphatic carbocycles. The molecular formula is C18H14F4N4O. The van der Waals surface area contributed by atoms with Gasteiger partial charge in [-0.15, -0.1) is 0 Å². The molecule has 2 atom stereocenters. The molecule has 1 N–H and O–H groups in total. The van der Waals surface area contributed by atoms with Crippen LogP contribution in [0.25, 0.3) is 0 Å². The van der Waals surface area contributed by atoms with Crippen LogP contribution in [0.3, 0.4) is 0 Å². The predicted molar refractivity (Wildman–Crippen MR) is 90.0 cm³/mol. The number of carbonyl (C=O) groups excluding carboxylic acids is 1. The number of aromatic nitrogens is 2. The number of dihydropyridines is 1. The second kappa shape index (κ2) is 6.04. The van der Waals surface area contributed by atoms with E-state index < -0.39 is 35.8 Å². The van der Waals surface area contributed by atoms with Crippen LogP contribution in [0.15, 0.2) is 53.3 Å². The summed E-state index contributed by atoms with van der Waals surface area (Å²) >= 11 is 0. The Bertz CT molecular complexity index is 949. The highest BCUT2D eigenvalue weighted by Crippen LogP contribution is 2.55. The lowest BCUT2D eigenvalue weighted by Gasteiger charge is -2.46. The second-order valence-corrected chi connectivity index (χ2v) is 6.43. The van der Waals surface area contributed by atoms with Gasteiger partial charge in [0, 0.05) is 30.8 Å². The summed E-state index contributed by atoms with van der Waals surface area (Å²) in [6.45, 7) is -0.0577. The van der Waals surface area contributed by atoms with E-state index in [4.69, 9.17) is 0 Å². The van der Waals surface area contributed by atoms with Gasteiger partial charge < -0.3 is 5.32 Å². The molecule has 0 fully saturated rings. The van der Waals surface area contributed by atoms with Gasteiger partial charge in [0.05, 0.1) is 0 Å². The van der Waals surface area contributed by atoms with E-state index in [1.807, 2.05) is 0 Å². The molecule has 2 aromatic rings. The van der Waals surface area contributed by atoms with Gasteiger partial charge in [0.2, 0.25) is 0 Å². The number of carbonyl (C=O) groups is 1. The topological polar surface area (TPSA) is 59.3 Å². The molecule has 27 heavy (non-hydrogen) atoms. The minimum Gasteiger partial charge on any atom is -0.370 e. The average Bonchev–Trinajstić information content (AvgIpc) is 3.12. The molecule has 4 rings (SSSR count). The standard InChI is InChI=1S/C18H14F4N4O/c19-11-2-3-14-13(10-11)17(18(20,21)22,5-9-26-8-1-6-24-26)12-4-7-23-16(27)15(12)25-14/h1-4,6-8,10,15,25H,5,9H2. The second-order valence-electron chi connectivity index (χ2n) is 6.43. The zero-order valence-corrected chi connectivity index (χ0v) is 13.9. The van der Waals surface area contributed by atoms with Crippen LogP contribution < -0.4 is 5.32 Å². The fourth-order valence-corrected chi connectivity index (χ4v) is 3.78. The fourth-order valence-electron chi connectivity index (χ4n) is 3.78. The first-order chi connectivity index (χ1) is 12.8. The lowest BCUT2D eigenvalue weighted by Crippen LogP contribution is -2.55. The number of alkyl halides is 3. The lowest BCUT2D eigenvalue weighted by molar-refractivity contribution is -0.183. The van der Waals surface area contributed by atoms with Crippen molar-refractivity contribution >= 4 is 17.8 Å². The number of fused-ring (bicyclic) bond motifs is 2. The van der Waals surface area contributed by atoms with Gasteiger partial charge >= 0.3 is 6.18 Å². The van der Waals surface area contributed by atoms with Crippen molar-refractivity contribution in [1.82, 2.24) is 9.78 Å². The van der Waals surface area contributed by atoms with E-state index in [2.05, 4.69) is 15.4 Å². The SMILES string of the molecule is O=C1N=CC=C2C1Nc1ccc(F)cc1C2(CCn1cccn1)C(F)(F)F. The van der Waals surface area contributed by atoms with Crippen molar-refractivity contribution in [2.24, 2.45) is 4.99 Å². The van der Waals surface area contributed by atoms with Crippen LogP contribution in [0, 0.1) is 5.82 Å². The number of aryl methyl sites for hydroxylation is 1. The smallest absolute Gasteiger partial charge is 0.370 e. The first-order valence-electron chi connectivity index (χ1n) is 8.22. The lowest BCUT2D eigenvalue weighted by atomic mass is 9.65. The molecule has 1 aromatic heterocycles. The van der Waals surface area contributed by atoms with Crippen LogP contribution in [0.5, 0.6) is 0 Å². The van der Waals surface area contributed by atoms with Crippen molar-refractivity contribution in [1.29, 1.82) is 0 Å². The summed E-state index contributed by atoms with van der Waals surface area (Å²) in [5, 5.41) is 6.73. The Labute approximate surface area is 151 Å². The molecule has 140 valence electrons. The summed E-state index contributed by atoms with van der Waals surface area (Å²) in [6, 6.07) is 3.53. The molecule has 0 spiro atoms. The number of hydrogen-bond donors (Lipinski definition) is 1. The number of amides is 1. The Kier molecular flexibility index (Phi) is 3.90. The number of halogens is 4. The van der Waals surface area contributed by atoms with Crippen molar-refractivity contribution in [3.8, 4) is 0 Å². The summed E-state index contributed by atoms with van der Waals surface area (Å²) in [4.78, 5) is 15.8. The first-order valence-corrected chi connectivity index (χ1v) is 8.22. The molecule has 1 amide bonds. The monoisotopic (exact) mass is 378 g/mol. The Hall–Kier alpha value is -2.97. The van der Waals surface area contributed by atoms with Crippen LogP contribution >= 0.6 is 0 Å². The zero-order chi connectivity index (χ0) is 19.2. The number of hydrogen-bond acceptors (Lipinski definition) is 3. The number of anilines is 1. The van der Waals surface area contributed by atoms with Gasteiger partial charge in [0.25, 0.3) is 5.91 Å². The average molecular weight is 378 g/mol. The Morgan fingerprint density at radius 2 is 2.11 bits per heavy atom. The van der Waals surface area contributed by atoms with Crippen LogP contribution in [0.2, 0.25) is 0 Å². The summed E-state index contributed by atoms with van der Waals surface area (Å²) in [5.74, 6) is -1.49. The molecule has 0 saturated carbocycles. The van der Waals surface area contributed by atoms with Gasteiger partial charge in [-0.2, -0.15) is 18.3 Å². The summed E-state index contributed by atoms with van der Waals surface area (Å²) < 4.78 is 59.0. The van der Waals surface area contributed by atoms with Gasteiger partial charge in [-0.25, -0.2) is 9.38 Å². The van der Waals surface area contributed by atoms with E-state index in [9.17, 15) is 22.4 Å². The zero-order valence-electron chi connectivity index (χ0n) is 13.9. The molecule has 2 aliphatic heterocycles. The Morgan fingerprint density at radius 1 is 1.30 bits per heavy atom. The van der Waals surface area contributed by atoms with E-state index in [-0.39, 0.29) is 23.4 Å². The van der Waals surface area contributed by atoms with Gasteiger partial charge in [-0.05, 0) is 47.9 Å². The van der Waals surface area contributed by atoms with Crippen molar-refractivity contribution in [2.45, 2.75) is 30.6 Å². The normalized spacial score (nSPS) is 24.1. The van der Waals surface area contributed by atoms with Crippen LogP contribution in [-0.4, -0.2) is 34.1 Å². The fraction of sp³-hybridized carbons (Fsp3) is 0.278. The number of nitrogens with one attached hydrogen (secondary N) is 1. The number of allylic oxidation sites excluding steroid dienone is 1. The van der Waals surface area contributed by atoms with Crippen molar-refractivity contribution in [3.63, 3.8) is 0 Å². The third-order valence-electron chi connectivity index (χ3n) is 5.01. The quantitative estimate of drug-likeness (QED) is 0.835. The van der Waals surface area contributed by atoms with E-state index in [1.165, 1.54) is 23.0 Å². The maximum absolute atomic E-state index is 14.6. The number of benzene rings is 1. The molecule has 2 aliphatic rings. The third kappa shape index (κ3) is 2.65. The molecule has 0 radical (unpaired) electrons. The maximum atomic E-state index is 14.6. The highest BCUT2D eigenvalue weighted by molar-refractivity contribution is 6.01. The largest absolute Gasteiger partial charge is 0.402 e. The van der Waals surface area contributed by atoms with Crippen LogP contribution in [0.1, 0.15) is 12.0 Å². The van der Waals surface area contributed by atoms with E-state index in [0.717, 1.165) is 18.3 Å². The third-order valence-corrected chi connectivity index (χ3v) is 5.01. The van der Waals surface area contributed by atoms with Gasteiger partial charge in [-0.1, -0.05) is 0 Å². The Balaban J connectivity index is 1.94. The molecule has 3 heterocycles. The molecule has 2 unspecified atom stereocenters. The summed E-state index contributed by atoms with van der Waals surface area (Å²) in [5.41, 5.74) is -2.89. The van der Waals surface area contributed by atoms with Gasteiger partial charge in [0.15, 0.2) is 0 Å². The minimum atomic E-state index is -4.76. The number of aliphatic imine (C=N–C) groups is 1. The molecule has 0 bridgehead atoms. The van der Waals surface area contributed by atoms with Crippen molar-refractivity contribution in [2.75, 3.05) is 5.32 Å². The molecule has 1 aromatic carbocycles. The summed E-state index contributed by atoms with van der Waals surface area (Å²) in [7, 11) is 0.